The number of benzene rings is 2. The molecule has 0 aliphatic rings. The summed E-state index contributed by atoms with van der Waals surface area (Å²) in [6.07, 6.45) is 2.09. The fourth-order valence-corrected chi connectivity index (χ4v) is 2.99. The van der Waals surface area contributed by atoms with E-state index in [1.54, 1.807) is 12.3 Å². The second-order valence-corrected chi connectivity index (χ2v) is 8.28. The molecule has 32 heavy (non-hydrogen) atoms. The molecule has 1 atom stereocenters. The Labute approximate surface area is 190 Å². The predicted molar refractivity (Wildman–Crippen MR) is 126 cm³/mol. The van der Waals surface area contributed by atoms with Crippen molar-refractivity contribution in [1.29, 1.82) is 0 Å². The molecular weight excluding hydrogens is 406 g/mol. The molecule has 7 nitrogen and oxygen atoms in total. The van der Waals surface area contributed by atoms with Gasteiger partial charge in [-0.3, -0.25) is 9.59 Å². The summed E-state index contributed by atoms with van der Waals surface area (Å²) < 4.78 is 11.2. The van der Waals surface area contributed by atoms with Crippen LogP contribution >= 0.6 is 0 Å². The van der Waals surface area contributed by atoms with Crippen LogP contribution in [0.5, 0.6) is 11.5 Å². The molecule has 0 heterocycles. The lowest BCUT2D eigenvalue weighted by Crippen LogP contribution is -2.47. The van der Waals surface area contributed by atoms with Crippen molar-refractivity contribution in [2.45, 2.75) is 53.2 Å². The average Bonchev–Trinajstić information content (AvgIpc) is 2.72. The van der Waals surface area contributed by atoms with Gasteiger partial charge in [-0.15, -0.1) is 0 Å². The minimum absolute atomic E-state index is 0.0667. The van der Waals surface area contributed by atoms with E-state index in [0.29, 0.717) is 12.2 Å². The molecule has 0 aromatic heterocycles. The number of nitrogens with zero attached hydrogens (tertiary/aromatic N) is 1. The first-order chi connectivity index (χ1) is 15.2. The first-order valence-electron chi connectivity index (χ1n) is 10.8. The number of ether oxygens (including phenoxy) is 2. The Hall–Kier alpha value is -3.35. The maximum absolute atomic E-state index is 12.6. The third-order valence-electron chi connectivity index (χ3n) is 4.43. The van der Waals surface area contributed by atoms with E-state index < -0.39 is 6.04 Å². The van der Waals surface area contributed by atoms with Crippen molar-refractivity contribution >= 4 is 18.0 Å². The van der Waals surface area contributed by atoms with Crippen LogP contribution in [0.2, 0.25) is 0 Å². The van der Waals surface area contributed by atoms with Gasteiger partial charge in [0.15, 0.2) is 6.61 Å². The van der Waals surface area contributed by atoms with Crippen molar-refractivity contribution in [3.05, 3.63) is 59.7 Å². The molecule has 2 rings (SSSR count). The fourth-order valence-electron chi connectivity index (χ4n) is 2.99. The smallest absolute Gasteiger partial charge is 0.262 e. The topological polar surface area (TPSA) is 89.0 Å². The van der Waals surface area contributed by atoms with Crippen LogP contribution in [0.25, 0.3) is 0 Å². The zero-order chi connectivity index (χ0) is 23.5. The highest BCUT2D eigenvalue weighted by molar-refractivity contribution is 5.89. The van der Waals surface area contributed by atoms with Crippen LogP contribution in [0, 0.1) is 12.8 Å². The molecule has 0 saturated heterocycles. The quantitative estimate of drug-likeness (QED) is 0.411. The summed E-state index contributed by atoms with van der Waals surface area (Å²) in [5.41, 5.74) is 4.25. The maximum atomic E-state index is 12.6. The number of aryl methyl sites for hydroxylation is 1. The summed E-state index contributed by atoms with van der Waals surface area (Å²) in [7, 11) is 0. The molecule has 0 spiro atoms. The van der Waals surface area contributed by atoms with Gasteiger partial charge >= 0.3 is 0 Å². The van der Waals surface area contributed by atoms with E-state index in [1.807, 2.05) is 77.1 Å². The minimum atomic E-state index is -0.712. The largest absolute Gasteiger partial charge is 0.491 e. The van der Waals surface area contributed by atoms with Gasteiger partial charge < -0.3 is 14.8 Å². The molecule has 0 fully saturated rings. The van der Waals surface area contributed by atoms with Crippen LogP contribution in [-0.4, -0.2) is 36.8 Å². The Morgan fingerprint density at radius 3 is 2.50 bits per heavy atom. The molecule has 2 aromatic carbocycles. The van der Waals surface area contributed by atoms with Gasteiger partial charge in [0, 0.05) is 0 Å². The molecule has 2 aromatic rings. The lowest BCUT2D eigenvalue weighted by molar-refractivity contribution is -0.130. The second-order valence-electron chi connectivity index (χ2n) is 8.28. The number of hydrazone groups is 1. The van der Waals surface area contributed by atoms with Crippen LogP contribution in [0.4, 0.5) is 0 Å². The van der Waals surface area contributed by atoms with E-state index >= 15 is 0 Å². The number of amides is 2. The molecule has 0 saturated carbocycles. The van der Waals surface area contributed by atoms with Crippen molar-refractivity contribution in [1.82, 2.24) is 10.7 Å². The number of para-hydroxylation sites is 1. The molecule has 0 bridgehead atoms. The normalized spacial score (nSPS) is 12.1. The Morgan fingerprint density at radius 2 is 1.81 bits per heavy atom. The van der Waals surface area contributed by atoms with E-state index in [1.165, 1.54) is 0 Å². The molecule has 7 heteroatoms. The van der Waals surface area contributed by atoms with Crippen LogP contribution in [-0.2, 0) is 9.59 Å². The van der Waals surface area contributed by atoms with Crippen LogP contribution in [0.1, 0.15) is 45.2 Å². The number of nitrogens with one attached hydrogen (secondary N) is 2. The van der Waals surface area contributed by atoms with Crippen molar-refractivity contribution in [2.75, 3.05) is 6.61 Å². The van der Waals surface area contributed by atoms with Crippen LogP contribution < -0.4 is 20.2 Å². The second kappa shape index (κ2) is 12.5. The first kappa shape index (κ1) is 24.9. The van der Waals surface area contributed by atoms with Crippen LogP contribution in [0.3, 0.4) is 0 Å². The summed E-state index contributed by atoms with van der Waals surface area (Å²) in [4.78, 5) is 25.0. The summed E-state index contributed by atoms with van der Waals surface area (Å²) in [6, 6.07) is 14.2. The van der Waals surface area contributed by atoms with E-state index in [0.717, 1.165) is 16.9 Å². The highest BCUT2D eigenvalue weighted by Crippen LogP contribution is 2.16. The lowest BCUT2D eigenvalue weighted by atomic mass is 10.0. The van der Waals surface area contributed by atoms with Gasteiger partial charge in [-0.25, -0.2) is 5.43 Å². The molecule has 2 amide bonds. The average molecular weight is 440 g/mol. The van der Waals surface area contributed by atoms with E-state index in [4.69, 9.17) is 9.47 Å². The van der Waals surface area contributed by atoms with Gasteiger partial charge in [0.2, 0.25) is 0 Å². The zero-order valence-corrected chi connectivity index (χ0v) is 19.4. The Morgan fingerprint density at radius 1 is 1.06 bits per heavy atom. The number of carbonyl (C=O) groups excluding carboxylic acids is 2. The summed E-state index contributed by atoms with van der Waals surface area (Å²) in [6.45, 7) is 9.62. The SMILES string of the molecule is Cc1ccccc1OCC(=O)N[C@H](CC(C)C)C(=O)N/N=C\c1cccc(OC(C)C)c1. The van der Waals surface area contributed by atoms with E-state index in [2.05, 4.69) is 15.8 Å². The minimum Gasteiger partial charge on any atom is -0.491 e. The highest BCUT2D eigenvalue weighted by atomic mass is 16.5. The Bertz CT molecular complexity index is 925. The maximum Gasteiger partial charge on any atom is 0.262 e. The van der Waals surface area contributed by atoms with Crippen molar-refractivity contribution in [2.24, 2.45) is 11.0 Å². The van der Waals surface area contributed by atoms with E-state index in [9.17, 15) is 9.59 Å². The van der Waals surface area contributed by atoms with Gasteiger partial charge in [0.05, 0.1) is 12.3 Å². The Kier molecular flexibility index (Phi) is 9.73. The summed E-state index contributed by atoms with van der Waals surface area (Å²) in [5, 5.41) is 6.79. The monoisotopic (exact) mass is 439 g/mol. The van der Waals surface area contributed by atoms with Gasteiger partial charge in [-0.05, 0) is 62.4 Å². The third-order valence-corrected chi connectivity index (χ3v) is 4.43. The van der Waals surface area contributed by atoms with Gasteiger partial charge in [-0.1, -0.05) is 44.2 Å². The summed E-state index contributed by atoms with van der Waals surface area (Å²) >= 11 is 0. The molecular formula is C25H33N3O4. The molecule has 0 aliphatic heterocycles. The summed E-state index contributed by atoms with van der Waals surface area (Å²) in [5.74, 6) is 0.831. The molecule has 172 valence electrons. The number of hydrogen-bond acceptors (Lipinski definition) is 5. The number of rotatable bonds is 11. The van der Waals surface area contributed by atoms with Crippen molar-refractivity contribution in [3.8, 4) is 11.5 Å². The number of hydrogen-bond donors (Lipinski definition) is 2. The Balaban J connectivity index is 1.93. The first-order valence-corrected chi connectivity index (χ1v) is 10.8. The van der Waals surface area contributed by atoms with Gasteiger partial charge in [0.1, 0.15) is 17.5 Å². The predicted octanol–water partition coefficient (Wildman–Crippen LogP) is 3.84. The molecule has 2 N–H and O–H groups in total. The molecule has 0 unspecified atom stereocenters. The van der Waals surface area contributed by atoms with Crippen molar-refractivity contribution < 1.29 is 19.1 Å². The van der Waals surface area contributed by atoms with Gasteiger partial charge in [0.25, 0.3) is 11.8 Å². The fraction of sp³-hybridized carbons (Fsp3) is 0.400. The van der Waals surface area contributed by atoms with Crippen LogP contribution in [0.15, 0.2) is 53.6 Å². The molecule has 0 radical (unpaired) electrons. The zero-order valence-electron chi connectivity index (χ0n) is 19.4. The van der Waals surface area contributed by atoms with Gasteiger partial charge in [-0.2, -0.15) is 5.10 Å². The lowest BCUT2D eigenvalue weighted by Gasteiger charge is -2.19. The standard InChI is InChI=1S/C25H33N3O4/c1-17(2)13-22(27-24(29)16-31-23-12-7-6-9-19(23)5)25(30)28-26-15-20-10-8-11-21(14-20)32-18(3)4/h6-12,14-15,17-18,22H,13,16H2,1-5H3,(H,27,29)(H,28,30)/b26-15-/t22-/m1/s1. The third kappa shape index (κ3) is 8.79. The van der Waals surface area contributed by atoms with E-state index in [-0.39, 0.29) is 30.4 Å². The number of carbonyl (C=O) groups is 2. The van der Waals surface area contributed by atoms with Crippen molar-refractivity contribution in [3.63, 3.8) is 0 Å². The highest BCUT2D eigenvalue weighted by Gasteiger charge is 2.22. The molecule has 0 aliphatic carbocycles.